The van der Waals surface area contributed by atoms with E-state index in [1.54, 1.807) is 24.3 Å². The quantitative estimate of drug-likeness (QED) is 0.863. The van der Waals surface area contributed by atoms with Gasteiger partial charge < -0.3 is 10.6 Å². The molecule has 1 aromatic carbocycles. The molecule has 0 spiro atoms. The second-order valence-corrected chi connectivity index (χ2v) is 5.15. The van der Waals surface area contributed by atoms with E-state index in [1.165, 1.54) is 0 Å². The van der Waals surface area contributed by atoms with Gasteiger partial charge in [0.05, 0.1) is 18.2 Å². The van der Waals surface area contributed by atoms with Crippen molar-refractivity contribution in [3.63, 3.8) is 0 Å². The molecule has 1 aliphatic heterocycles. The molecule has 1 fully saturated rings. The van der Waals surface area contributed by atoms with Gasteiger partial charge in [0.1, 0.15) is 0 Å². The van der Waals surface area contributed by atoms with Gasteiger partial charge in [-0.15, -0.1) is 0 Å². The molecule has 5 nitrogen and oxygen atoms in total. The van der Waals surface area contributed by atoms with Crippen molar-refractivity contribution in [2.75, 3.05) is 32.0 Å². The maximum Gasteiger partial charge on any atom is 0.238 e. The van der Waals surface area contributed by atoms with Gasteiger partial charge in [-0.1, -0.05) is 0 Å². The number of nitrogens with zero attached hydrogens (tertiary/aromatic N) is 2. The summed E-state index contributed by atoms with van der Waals surface area (Å²) in [7, 11) is 1.98. The Bertz CT molecular complexity index is 486. The van der Waals surface area contributed by atoms with Crippen LogP contribution in [0.5, 0.6) is 0 Å². The highest BCUT2D eigenvalue weighted by Crippen LogP contribution is 2.10. The van der Waals surface area contributed by atoms with E-state index in [1.807, 2.05) is 7.05 Å². The third-order valence-corrected chi connectivity index (χ3v) is 3.58. The van der Waals surface area contributed by atoms with Gasteiger partial charge >= 0.3 is 0 Å². The summed E-state index contributed by atoms with van der Waals surface area (Å²) in [4.78, 5) is 14.1. The Morgan fingerprint density at radius 2 is 2.25 bits per heavy atom. The van der Waals surface area contributed by atoms with Crippen molar-refractivity contribution in [1.29, 1.82) is 5.26 Å². The minimum absolute atomic E-state index is 0.0252. The highest BCUT2D eigenvalue weighted by Gasteiger charge is 2.19. The molecular formula is C15H20N4O. The Hall–Kier alpha value is -1.90. The summed E-state index contributed by atoms with van der Waals surface area (Å²) in [6, 6.07) is 9.38. The van der Waals surface area contributed by atoms with E-state index in [0.717, 1.165) is 31.6 Å². The van der Waals surface area contributed by atoms with Crippen molar-refractivity contribution in [1.82, 2.24) is 10.2 Å². The summed E-state index contributed by atoms with van der Waals surface area (Å²) in [6.45, 7) is 2.40. The van der Waals surface area contributed by atoms with Gasteiger partial charge in [0.2, 0.25) is 5.91 Å². The molecule has 1 atom stereocenters. The normalized spacial score (nSPS) is 18.6. The van der Waals surface area contributed by atoms with Gasteiger partial charge in [-0.3, -0.25) is 9.69 Å². The molecule has 1 heterocycles. The van der Waals surface area contributed by atoms with E-state index in [9.17, 15) is 4.79 Å². The smallest absolute Gasteiger partial charge is 0.238 e. The summed E-state index contributed by atoms with van der Waals surface area (Å²) >= 11 is 0. The van der Waals surface area contributed by atoms with E-state index in [0.29, 0.717) is 18.2 Å². The van der Waals surface area contributed by atoms with Crippen molar-refractivity contribution in [3.05, 3.63) is 29.8 Å². The maximum atomic E-state index is 12.0. The molecule has 20 heavy (non-hydrogen) atoms. The lowest BCUT2D eigenvalue weighted by molar-refractivity contribution is -0.117. The Morgan fingerprint density at radius 1 is 1.50 bits per heavy atom. The average Bonchev–Trinajstić information content (AvgIpc) is 2.49. The highest BCUT2D eigenvalue weighted by atomic mass is 16.2. The van der Waals surface area contributed by atoms with Crippen LogP contribution in [0.3, 0.4) is 0 Å². The zero-order valence-corrected chi connectivity index (χ0v) is 11.7. The third-order valence-electron chi connectivity index (χ3n) is 3.58. The van der Waals surface area contributed by atoms with Gasteiger partial charge in [-0.05, 0) is 50.7 Å². The Balaban J connectivity index is 1.83. The average molecular weight is 272 g/mol. The minimum Gasteiger partial charge on any atom is -0.325 e. The first kappa shape index (κ1) is 14.5. The van der Waals surface area contributed by atoms with Crippen LogP contribution in [-0.4, -0.2) is 43.5 Å². The maximum absolute atomic E-state index is 12.0. The van der Waals surface area contributed by atoms with Gasteiger partial charge in [-0.2, -0.15) is 5.26 Å². The number of anilines is 1. The molecule has 1 aromatic rings. The number of piperidine rings is 1. The van der Waals surface area contributed by atoms with Gasteiger partial charge in [-0.25, -0.2) is 0 Å². The number of nitrogens with one attached hydrogen (secondary N) is 2. The number of carbonyl (C=O) groups excluding carboxylic acids is 1. The molecule has 1 unspecified atom stereocenters. The lowest BCUT2D eigenvalue weighted by Gasteiger charge is -2.31. The predicted octanol–water partition coefficient (Wildman–Crippen LogP) is 1.18. The fourth-order valence-electron chi connectivity index (χ4n) is 2.39. The first-order chi connectivity index (χ1) is 9.69. The summed E-state index contributed by atoms with van der Waals surface area (Å²) in [5, 5.41) is 14.9. The summed E-state index contributed by atoms with van der Waals surface area (Å²) < 4.78 is 0. The standard InChI is InChI=1S/C15H20N4O/c1-19(14-3-2-8-17-10-14)11-15(20)18-13-6-4-12(9-16)5-7-13/h4-7,14,17H,2-3,8,10-11H2,1H3,(H,18,20). The molecule has 106 valence electrons. The molecule has 2 N–H and O–H groups in total. The van der Waals surface area contributed by atoms with Crippen LogP contribution < -0.4 is 10.6 Å². The van der Waals surface area contributed by atoms with Gasteiger partial charge in [0.25, 0.3) is 0 Å². The number of hydrogen-bond donors (Lipinski definition) is 2. The zero-order valence-electron chi connectivity index (χ0n) is 11.7. The number of benzene rings is 1. The summed E-state index contributed by atoms with van der Waals surface area (Å²) in [6.07, 6.45) is 2.29. The van der Waals surface area contributed by atoms with E-state index in [4.69, 9.17) is 5.26 Å². The second kappa shape index (κ2) is 7.04. The van der Waals surface area contributed by atoms with Crippen LogP contribution in [0.15, 0.2) is 24.3 Å². The molecule has 2 rings (SSSR count). The Labute approximate surface area is 119 Å². The largest absolute Gasteiger partial charge is 0.325 e. The SMILES string of the molecule is CN(CC(=O)Nc1ccc(C#N)cc1)C1CCCNC1. The van der Waals surface area contributed by atoms with Crippen LogP contribution in [0.4, 0.5) is 5.69 Å². The fraction of sp³-hybridized carbons (Fsp3) is 0.467. The number of nitriles is 1. The van der Waals surface area contributed by atoms with Crippen LogP contribution >= 0.6 is 0 Å². The molecule has 0 aromatic heterocycles. The van der Waals surface area contributed by atoms with Crippen molar-refractivity contribution in [3.8, 4) is 6.07 Å². The van der Waals surface area contributed by atoms with E-state index >= 15 is 0 Å². The molecule has 5 heteroatoms. The number of carbonyl (C=O) groups is 1. The summed E-state index contributed by atoms with van der Waals surface area (Å²) in [5.41, 5.74) is 1.32. The zero-order chi connectivity index (χ0) is 14.4. The van der Waals surface area contributed by atoms with Crippen LogP contribution in [0.2, 0.25) is 0 Å². The van der Waals surface area contributed by atoms with Crippen molar-refractivity contribution in [2.45, 2.75) is 18.9 Å². The second-order valence-electron chi connectivity index (χ2n) is 5.15. The van der Waals surface area contributed by atoms with Crippen LogP contribution in [0.1, 0.15) is 18.4 Å². The highest BCUT2D eigenvalue weighted by molar-refractivity contribution is 5.92. The first-order valence-electron chi connectivity index (χ1n) is 6.90. The molecule has 0 saturated carbocycles. The molecule has 1 aliphatic rings. The van der Waals surface area contributed by atoms with Crippen molar-refractivity contribution in [2.24, 2.45) is 0 Å². The van der Waals surface area contributed by atoms with Gasteiger partial charge in [0.15, 0.2) is 0 Å². The molecule has 0 radical (unpaired) electrons. The van der Waals surface area contributed by atoms with Crippen LogP contribution in [0, 0.1) is 11.3 Å². The lowest BCUT2D eigenvalue weighted by atomic mass is 10.1. The van der Waals surface area contributed by atoms with E-state index in [-0.39, 0.29) is 5.91 Å². The fourth-order valence-corrected chi connectivity index (χ4v) is 2.39. The number of rotatable bonds is 4. The third kappa shape index (κ3) is 4.05. The van der Waals surface area contributed by atoms with Gasteiger partial charge in [0, 0.05) is 18.3 Å². The van der Waals surface area contributed by atoms with E-state index < -0.39 is 0 Å². The molecule has 0 bridgehead atoms. The van der Waals surface area contributed by atoms with E-state index in [2.05, 4.69) is 21.6 Å². The van der Waals surface area contributed by atoms with Crippen LogP contribution in [0.25, 0.3) is 0 Å². The molecule has 0 aliphatic carbocycles. The molecular weight excluding hydrogens is 252 g/mol. The first-order valence-corrected chi connectivity index (χ1v) is 6.90. The monoisotopic (exact) mass is 272 g/mol. The number of amides is 1. The molecule has 1 saturated heterocycles. The Morgan fingerprint density at radius 3 is 2.85 bits per heavy atom. The van der Waals surface area contributed by atoms with Crippen LogP contribution in [-0.2, 0) is 4.79 Å². The Kier molecular flexibility index (Phi) is 5.10. The lowest BCUT2D eigenvalue weighted by Crippen LogP contribution is -2.46. The number of hydrogen-bond acceptors (Lipinski definition) is 4. The number of likely N-dealkylation sites (N-methyl/N-ethyl adjacent to an activating group) is 1. The predicted molar refractivity (Wildman–Crippen MR) is 78.3 cm³/mol. The van der Waals surface area contributed by atoms with Crippen molar-refractivity contribution < 1.29 is 4.79 Å². The van der Waals surface area contributed by atoms with Crippen molar-refractivity contribution >= 4 is 11.6 Å². The summed E-state index contributed by atoms with van der Waals surface area (Å²) in [5.74, 6) is -0.0252. The topological polar surface area (TPSA) is 68.2 Å². The minimum atomic E-state index is -0.0252. The molecule has 1 amide bonds.